The van der Waals surface area contributed by atoms with Crippen LogP contribution < -0.4 is 10.1 Å². The first-order valence-corrected chi connectivity index (χ1v) is 9.50. The van der Waals surface area contributed by atoms with Crippen molar-refractivity contribution in [2.75, 3.05) is 6.61 Å². The first kappa shape index (κ1) is 16.3. The Balaban J connectivity index is 1.48. The number of aromatic nitrogens is 1. The lowest BCUT2D eigenvalue weighted by Crippen LogP contribution is -2.25. The Morgan fingerprint density at radius 3 is 2.76 bits per heavy atom. The molecule has 4 rings (SSSR count). The van der Waals surface area contributed by atoms with Crippen LogP contribution in [0.4, 0.5) is 0 Å². The summed E-state index contributed by atoms with van der Waals surface area (Å²) in [6.07, 6.45) is 0.897. The molecule has 0 spiro atoms. The quantitative estimate of drug-likeness (QED) is 0.716. The van der Waals surface area contributed by atoms with Crippen LogP contribution in [0, 0.1) is 6.92 Å². The molecule has 2 atom stereocenters. The fourth-order valence-electron chi connectivity index (χ4n) is 3.39. The van der Waals surface area contributed by atoms with Crippen molar-refractivity contribution in [2.45, 2.75) is 32.4 Å². The maximum atomic E-state index is 5.79. The zero-order valence-electron chi connectivity index (χ0n) is 14.5. The predicted octanol–water partition coefficient (Wildman–Crippen LogP) is 4.83. The molecule has 128 valence electrons. The van der Waals surface area contributed by atoms with Crippen molar-refractivity contribution in [1.82, 2.24) is 10.3 Å². The molecule has 3 aromatic rings. The molecule has 2 aromatic carbocycles. The SMILES string of the molecule is Cc1nc(Cc2ccccc2)sc1[C@@H](C)N[C@@H]1COc2ccccc21. The molecule has 0 saturated heterocycles. The number of aryl methyl sites for hydroxylation is 1. The van der Waals surface area contributed by atoms with Gasteiger partial charge in [0.15, 0.2) is 0 Å². The fraction of sp³-hybridized carbons (Fsp3) is 0.286. The van der Waals surface area contributed by atoms with E-state index in [4.69, 9.17) is 9.72 Å². The first-order chi connectivity index (χ1) is 12.2. The summed E-state index contributed by atoms with van der Waals surface area (Å²) in [6, 6.07) is 19.3. The Morgan fingerprint density at radius 2 is 1.92 bits per heavy atom. The Hall–Kier alpha value is -2.17. The Morgan fingerprint density at radius 1 is 1.16 bits per heavy atom. The van der Waals surface area contributed by atoms with Crippen molar-refractivity contribution in [3.05, 3.63) is 81.3 Å². The van der Waals surface area contributed by atoms with Gasteiger partial charge < -0.3 is 4.74 Å². The van der Waals surface area contributed by atoms with E-state index in [2.05, 4.69) is 61.6 Å². The molecule has 0 amide bonds. The van der Waals surface area contributed by atoms with E-state index in [-0.39, 0.29) is 12.1 Å². The molecule has 1 aliphatic heterocycles. The fourth-order valence-corrected chi connectivity index (χ4v) is 4.51. The Labute approximate surface area is 152 Å². The second-order valence-corrected chi connectivity index (χ2v) is 7.62. The third kappa shape index (κ3) is 3.46. The van der Waals surface area contributed by atoms with Crippen LogP contribution in [-0.2, 0) is 6.42 Å². The van der Waals surface area contributed by atoms with E-state index < -0.39 is 0 Å². The Kier molecular flexibility index (Phi) is 4.55. The highest BCUT2D eigenvalue weighted by molar-refractivity contribution is 7.11. The minimum absolute atomic E-state index is 0.241. The molecule has 0 saturated carbocycles. The van der Waals surface area contributed by atoms with Crippen LogP contribution in [-0.4, -0.2) is 11.6 Å². The standard InChI is InChI=1S/C21H22N2OS/c1-14(22-18-13-24-19-11-7-6-10-17(18)19)21-15(2)23-20(25-21)12-16-8-4-3-5-9-16/h3-11,14,18,22H,12-13H2,1-2H3/t14-,18-/m1/s1. The molecule has 1 aromatic heterocycles. The molecule has 0 radical (unpaired) electrons. The molecule has 0 fully saturated rings. The maximum Gasteiger partial charge on any atom is 0.124 e. The average Bonchev–Trinajstić information content (AvgIpc) is 3.20. The average molecular weight is 350 g/mol. The monoisotopic (exact) mass is 350 g/mol. The van der Waals surface area contributed by atoms with Crippen LogP contribution in [0.5, 0.6) is 5.75 Å². The molecule has 4 heteroatoms. The molecule has 0 unspecified atom stereocenters. The van der Waals surface area contributed by atoms with Crippen LogP contribution in [0.3, 0.4) is 0 Å². The number of fused-ring (bicyclic) bond motifs is 1. The van der Waals surface area contributed by atoms with Crippen molar-refractivity contribution in [3.8, 4) is 5.75 Å². The smallest absolute Gasteiger partial charge is 0.124 e. The summed E-state index contributed by atoms with van der Waals surface area (Å²) in [6.45, 7) is 5.02. The molecule has 25 heavy (non-hydrogen) atoms. The summed E-state index contributed by atoms with van der Waals surface area (Å²) in [5, 5.41) is 4.89. The number of hydrogen-bond acceptors (Lipinski definition) is 4. The highest BCUT2D eigenvalue weighted by atomic mass is 32.1. The van der Waals surface area contributed by atoms with Crippen LogP contribution in [0.25, 0.3) is 0 Å². The van der Waals surface area contributed by atoms with Gasteiger partial charge >= 0.3 is 0 Å². The van der Waals surface area contributed by atoms with Crippen LogP contribution >= 0.6 is 11.3 Å². The minimum Gasteiger partial charge on any atom is -0.491 e. The van der Waals surface area contributed by atoms with Gasteiger partial charge in [-0.05, 0) is 25.5 Å². The van der Waals surface area contributed by atoms with Gasteiger partial charge in [-0.25, -0.2) is 4.98 Å². The van der Waals surface area contributed by atoms with E-state index >= 15 is 0 Å². The molecule has 1 N–H and O–H groups in total. The van der Waals surface area contributed by atoms with Crippen molar-refractivity contribution in [2.24, 2.45) is 0 Å². The molecule has 0 aliphatic carbocycles. The van der Waals surface area contributed by atoms with Crippen molar-refractivity contribution in [3.63, 3.8) is 0 Å². The van der Waals surface area contributed by atoms with E-state index in [1.54, 1.807) is 0 Å². The first-order valence-electron chi connectivity index (χ1n) is 8.68. The zero-order chi connectivity index (χ0) is 17.2. The summed E-state index contributed by atoms with van der Waals surface area (Å²) in [5.74, 6) is 0.998. The summed E-state index contributed by atoms with van der Waals surface area (Å²) in [4.78, 5) is 6.11. The molecule has 2 heterocycles. The second kappa shape index (κ2) is 6.98. The van der Waals surface area contributed by atoms with Gasteiger partial charge in [-0.1, -0.05) is 48.5 Å². The number of benzene rings is 2. The topological polar surface area (TPSA) is 34.2 Å². The normalized spacial score (nSPS) is 17.1. The van der Waals surface area contributed by atoms with Crippen LogP contribution in [0.1, 0.15) is 45.7 Å². The summed E-state index contributed by atoms with van der Waals surface area (Å²) >= 11 is 1.81. The summed E-state index contributed by atoms with van der Waals surface area (Å²) < 4.78 is 5.79. The van der Waals surface area contributed by atoms with E-state index in [1.807, 2.05) is 23.5 Å². The maximum absolute atomic E-state index is 5.79. The summed E-state index contributed by atoms with van der Waals surface area (Å²) in [5.41, 5.74) is 3.69. The van der Waals surface area contributed by atoms with Crippen LogP contribution in [0.15, 0.2) is 54.6 Å². The van der Waals surface area contributed by atoms with Gasteiger partial charge in [-0.15, -0.1) is 11.3 Å². The van der Waals surface area contributed by atoms with E-state index in [0.717, 1.165) is 17.9 Å². The van der Waals surface area contributed by atoms with Gasteiger partial charge in [-0.2, -0.15) is 0 Å². The molecular formula is C21H22N2OS. The van der Waals surface area contributed by atoms with Gasteiger partial charge in [-0.3, -0.25) is 5.32 Å². The largest absolute Gasteiger partial charge is 0.491 e. The Bertz CT molecular complexity index is 859. The van der Waals surface area contributed by atoms with Crippen molar-refractivity contribution >= 4 is 11.3 Å². The number of nitrogens with one attached hydrogen (secondary N) is 1. The lowest BCUT2D eigenvalue weighted by Gasteiger charge is -2.18. The summed E-state index contributed by atoms with van der Waals surface area (Å²) in [7, 11) is 0. The van der Waals surface area contributed by atoms with Gasteiger partial charge in [0.2, 0.25) is 0 Å². The molecule has 0 bridgehead atoms. The van der Waals surface area contributed by atoms with E-state index in [9.17, 15) is 0 Å². The lowest BCUT2D eigenvalue weighted by atomic mass is 10.1. The van der Waals surface area contributed by atoms with Crippen molar-refractivity contribution in [1.29, 1.82) is 0 Å². The second-order valence-electron chi connectivity index (χ2n) is 6.51. The molecule has 3 nitrogen and oxygen atoms in total. The van der Waals surface area contributed by atoms with E-state index in [0.29, 0.717) is 6.61 Å². The molecule has 1 aliphatic rings. The third-order valence-electron chi connectivity index (χ3n) is 4.62. The molecular weight excluding hydrogens is 328 g/mol. The minimum atomic E-state index is 0.241. The van der Waals surface area contributed by atoms with Gasteiger partial charge in [0.1, 0.15) is 12.4 Å². The van der Waals surface area contributed by atoms with Gasteiger partial charge in [0.05, 0.1) is 16.7 Å². The number of rotatable bonds is 5. The number of thiazole rings is 1. The number of ether oxygens (including phenoxy) is 1. The van der Waals surface area contributed by atoms with Crippen LogP contribution in [0.2, 0.25) is 0 Å². The van der Waals surface area contributed by atoms with Gasteiger partial charge in [0, 0.05) is 22.9 Å². The zero-order valence-corrected chi connectivity index (χ0v) is 15.3. The number of hydrogen-bond donors (Lipinski definition) is 1. The number of para-hydroxylation sites is 1. The third-order valence-corrected chi connectivity index (χ3v) is 5.96. The lowest BCUT2D eigenvalue weighted by molar-refractivity contribution is 0.301. The highest BCUT2D eigenvalue weighted by Gasteiger charge is 2.26. The van der Waals surface area contributed by atoms with Gasteiger partial charge in [0.25, 0.3) is 0 Å². The number of nitrogens with zero attached hydrogens (tertiary/aromatic N) is 1. The van der Waals surface area contributed by atoms with Crippen molar-refractivity contribution < 1.29 is 4.74 Å². The van der Waals surface area contributed by atoms with E-state index in [1.165, 1.54) is 21.0 Å². The highest BCUT2D eigenvalue weighted by Crippen LogP contribution is 2.35. The predicted molar refractivity (Wildman–Crippen MR) is 102 cm³/mol.